The third kappa shape index (κ3) is 2.54. The molecule has 4 heteroatoms. The van der Waals surface area contributed by atoms with Crippen molar-refractivity contribution in [3.8, 4) is 0 Å². The second kappa shape index (κ2) is 5.49. The number of nitrogens with one attached hydrogen (secondary N) is 1. The summed E-state index contributed by atoms with van der Waals surface area (Å²) >= 11 is 5.98. The van der Waals surface area contributed by atoms with Crippen LogP contribution in [-0.4, -0.2) is 5.91 Å². The van der Waals surface area contributed by atoms with Crippen LogP contribution in [-0.2, 0) is 10.2 Å². The number of hydrogen-bond acceptors (Lipinski definition) is 1. The van der Waals surface area contributed by atoms with Crippen molar-refractivity contribution in [3.05, 3.63) is 64.9 Å². The Hall–Kier alpha value is -1.87. The SMILES string of the molecule is O=C(Nc1ccc(F)cc1Cl)C1(c2ccccc2)CCC1. The molecular formula is C17H15ClFNO. The van der Waals surface area contributed by atoms with Crippen LogP contribution in [0.5, 0.6) is 0 Å². The molecule has 2 aromatic carbocycles. The largest absolute Gasteiger partial charge is 0.324 e. The van der Waals surface area contributed by atoms with Crippen molar-refractivity contribution >= 4 is 23.2 Å². The van der Waals surface area contributed by atoms with Gasteiger partial charge in [-0.2, -0.15) is 0 Å². The molecule has 0 atom stereocenters. The molecule has 1 N–H and O–H groups in total. The number of benzene rings is 2. The molecule has 0 spiro atoms. The minimum atomic E-state index is -0.487. The number of carbonyl (C=O) groups is 1. The lowest BCUT2D eigenvalue weighted by Gasteiger charge is -2.40. The van der Waals surface area contributed by atoms with Crippen LogP contribution in [0.2, 0.25) is 5.02 Å². The molecule has 2 aromatic rings. The van der Waals surface area contributed by atoms with Gasteiger partial charge in [0.15, 0.2) is 0 Å². The molecule has 1 fully saturated rings. The van der Waals surface area contributed by atoms with Crippen LogP contribution in [0.4, 0.5) is 10.1 Å². The minimum absolute atomic E-state index is 0.0755. The van der Waals surface area contributed by atoms with E-state index in [4.69, 9.17) is 11.6 Å². The van der Waals surface area contributed by atoms with Crippen LogP contribution in [0.1, 0.15) is 24.8 Å². The van der Waals surface area contributed by atoms with Gasteiger partial charge in [-0.1, -0.05) is 48.4 Å². The Kier molecular flexibility index (Phi) is 3.68. The molecule has 0 saturated heterocycles. The van der Waals surface area contributed by atoms with E-state index in [0.717, 1.165) is 24.8 Å². The molecule has 0 aromatic heterocycles. The van der Waals surface area contributed by atoms with Crippen molar-refractivity contribution in [2.24, 2.45) is 0 Å². The molecule has 108 valence electrons. The van der Waals surface area contributed by atoms with E-state index in [0.29, 0.717) is 5.69 Å². The van der Waals surface area contributed by atoms with Gasteiger partial charge >= 0.3 is 0 Å². The molecule has 0 aliphatic heterocycles. The number of rotatable bonds is 3. The summed E-state index contributed by atoms with van der Waals surface area (Å²) in [4.78, 5) is 12.7. The van der Waals surface area contributed by atoms with E-state index in [1.807, 2.05) is 30.3 Å². The highest BCUT2D eigenvalue weighted by atomic mass is 35.5. The predicted octanol–water partition coefficient (Wildman–Crippen LogP) is 4.54. The van der Waals surface area contributed by atoms with Gasteiger partial charge in [0.05, 0.1) is 16.1 Å². The first-order valence-corrected chi connectivity index (χ1v) is 7.32. The molecule has 0 bridgehead atoms. The maximum absolute atomic E-state index is 13.1. The van der Waals surface area contributed by atoms with E-state index < -0.39 is 11.2 Å². The summed E-state index contributed by atoms with van der Waals surface area (Å²) < 4.78 is 13.1. The average Bonchev–Trinajstić information content (AvgIpc) is 2.42. The number of halogens is 2. The summed E-state index contributed by atoms with van der Waals surface area (Å²) in [6, 6.07) is 13.7. The van der Waals surface area contributed by atoms with E-state index in [2.05, 4.69) is 5.32 Å². The Morgan fingerprint density at radius 1 is 1.14 bits per heavy atom. The van der Waals surface area contributed by atoms with Crippen molar-refractivity contribution in [3.63, 3.8) is 0 Å². The van der Waals surface area contributed by atoms with Gasteiger partial charge in [-0.25, -0.2) is 4.39 Å². The van der Waals surface area contributed by atoms with Crippen molar-refractivity contribution in [2.45, 2.75) is 24.7 Å². The van der Waals surface area contributed by atoms with Gasteiger partial charge in [-0.05, 0) is 36.6 Å². The lowest BCUT2D eigenvalue weighted by Crippen LogP contribution is -2.46. The van der Waals surface area contributed by atoms with E-state index >= 15 is 0 Å². The fraction of sp³-hybridized carbons (Fsp3) is 0.235. The molecule has 2 nitrogen and oxygen atoms in total. The zero-order valence-electron chi connectivity index (χ0n) is 11.4. The number of amides is 1. The van der Waals surface area contributed by atoms with Crippen LogP contribution in [0.25, 0.3) is 0 Å². The summed E-state index contributed by atoms with van der Waals surface area (Å²) in [5.74, 6) is -0.493. The van der Waals surface area contributed by atoms with Gasteiger partial charge in [0.2, 0.25) is 5.91 Å². The highest BCUT2D eigenvalue weighted by molar-refractivity contribution is 6.33. The van der Waals surface area contributed by atoms with Gasteiger partial charge in [-0.3, -0.25) is 4.79 Å². The third-order valence-corrected chi connectivity index (χ3v) is 4.46. The second-order valence-electron chi connectivity index (χ2n) is 5.38. The van der Waals surface area contributed by atoms with Gasteiger partial charge in [-0.15, -0.1) is 0 Å². The van der Waals surface area contributed by atoms with E-state index in [-0.39, 0.29) is 10.9 Å². The van der Waals surface area contributed by atoms with Gasteiger partial charge in [0, 0.05) is 0 Å². The van der Waals surface area contributed by atoms with Crippen LogP contribution >= 0.6 is 11.6 Å². The fourth-order valence-electron chi connectivity index (χ4n) is 2.77. The van der Waals surface area contributed by atoms with Crippen LogP contribution in [0, 0.1) is 5.82 Å². The van der Waals surface area contributed by atoms with Crippen LogP contribution < -0.4 is 5.32 Å². The Bertz CT molecular complexity index is 668. The average molecular weight is 304 g/mol. The van der Waals surface area contributed by atoms with E-state index in [1.54, 1.807) is 0 Å². The van der Waals surface area contributed by atoms with Gasteiger partial charge in [0.1, 0.15) is 5.82 Å². The minimum Gasteiger partial charge on any atom is -0.324 e. The molecule has 0 unspecified atom stereocenters. The highest BCUT2D eigenvalue weighted by Crippen LogP contribution is 2.44. The summed E-state index contributed by atoms with van der Waals surface area (Å²) in [5.41, 5.74) is 0.983. The van der Waals surface area contributed by atoms with E-state index in [9.17, 15) is 9.18 Å². The third-order valence-electron chi connectivity index (χ3n) is 4.15. The predicted molar refractivity (Wildman–Crippen MR) is 82.0 cm³/mol. The molecule has 3 rings (SSSR count). The number of anilines is 1. The lowest BCUT2D eigenvalue weighted by atomic mass is 9.64. The maximum Gasteiger partial charge on any atom is 0.235 e. The number of carbonyl (C=O) groups excluding carboxylic acids is 1. The Morgan fingerprint density at radius 2 is 1.86 bits per heavy atom. The second-order valence-corrected chi connectivity index (χ2v) is 5.79. The molecule has 1 aliphatic rings. The normalized spacial score (nSPS) is 16.1. The highest BCUT2D eigenvalue weighted by Gasteiger charge is 2.45. The molecule has 1 amide bonds. The molecule has 0 heterocycles. The van der Waals surface area contributed by atoms with E-state index in [1.165, 1.54) is 18.2 Å². The first kappa shape index (κ1) is 14.1. The summed E-state index contributed by atoms with van der Waals surface area (Å²) in [5, 5.41) is 3.05. The van der Waals surface area contributed by atoms with Crippen LogP contribution in [0.3, 0.4) is 0 Å². The van der Waals surface area contributed by atoms with Crippen molar-refractivity contribution in [1.29, 1.82) is 0 Å². The standard InChI is InChI=1S/C17H15ClFNO/c18-14-11-13(19)7-8-15(14)20-16(21)17(9-4-10-17)12-5-2-1-3-6-12/h1-3,5-8,11H,4,9-10H2,(H,20,21). The van der Waals surface area contributed by atoms with Gasteiger partial charge in [0.25, 0.3) is 0 Å². The van der Waals surface area contributed by atoms with Crippen LogP contribution in [0.15, 0.2) is 48.5 Å². The smallest absolute Gasteiger partial charge is 0.235 e. The van der Waals surface area contributed by atoms with Crippen molar-refractivity contribution in [1.82, 2.24) is 0 Å². The topological polar surface area (TPSA) is 29.1 Å². The fourth-order valence-corrected chi connectivity index (χ4v) is 2.98. The molecular weight excluding hydrogens is 289 g/mol. The maximum atomic E-state index is 13.1. The number of hydrogen-bond donors (Lipinski definition) is 1. The molecule has 1 aliphatic carbocycles. The van der Waals surface area contributed by atoms with Crippen molar-refractivity contribution < 1.29 is 9.18 Å². The Balaban J connectivity index is 1.87. The Morgan fingerprint density at radius 3 is 2.43 bits per heavy atom. The van der Waals surface area contributed by atoms with Gasteiger partial charge < -0.3 is 5.32 Å². The monoisotopic (exact) mass is 303 g/mol. The molecule has 1 saturated carbocycles. The summed E-state index contributed by atoms with van der Waals surface area (Å²) in [6.07, 6.45) is 2.67. The Labute approximate surface area is 127 Å². The summed E-state index contributed by atoms with van der Waals surface area (Å²) in [6.45, 7) is 0. The summed E-state index contributed by atoms with van der Waals surface area (Å²) in [7, 11) is 0. The first-order chi connectivity index (χ1) is 10.1. The van der Waals surface area contributed by atoms with Crippen molar-refractivity contribution in [2.75, 3.05) is 5.32 Å². The molecule has 0 radical (unpaired) electrons. The molecule has 21 heavy (non-hydrogen) atoms. The zero-order chi connectivity index (χ0) is 14.9. The quantitative estimate of drug-likeness (QED) is 0.886. The zero-order valence-corrected chi connectivity index (χ0v) is 12.2. The lowest BCUT2D eigenvalue weighted by molar-refractivity contribution is -0.124. The first-order valence-electron chi connectivity index (χ1n) is 6.94.